The molecule has 1 aliphatic rings. The number of carboxylic acid groups (broad SMARTS) is 1. The van der Waals surface area contributed by atoms with Gasteiger partial charge in [0.05, 0.1) is 6.10 Å². The monoisotopic (exact) mass is 386 g/mol. The van der Waals surface area contributed by atoms with Crippen molar-refractivity contribution in [3.63, 3.8) is 0 Å². The zero-order chi connectivity index (χ0) is 20.7. The maximum absolute atomic E-state index is 13.0. The quantitative estimate of drug-likeness (QED) is 0.319. The van der Waals surface area contributed by atoms with Gasteiger partial charge in [0, 0.05) is 6.54 Å². The van der Waals surface area contributed by atoms with Gasteiger partial charge in [-0.15, -0.1) is 0 Å². The van der Waals surface area contributed by atoms with E-state index >= 15 is 0 Å². The SMILES string of the molecule is CCC(C)C(NC(=O)C(N)C(C)O)C(=O)N1CCCC1C(=O)NCC(=O)O. The Morgan fingerprint density at radius 3 is 2.41 bits per heavy atom. The minimum Gasteiger partial charge on any atom is -0.480 e. The van der Waals surface area contributed by atoms with Gasteiger partial charge in [-0.25, -0.2) is 0 Å². The van der Waals surface area contributed by atoms with Crippen LogP contribution in [0.5, 0.6) is 0 Å². The summed E-state index contributed by atoms with van der Waals surface area (Å²) >= 11 is 0. The Balaban J connectivity index is 2.91. The minimum atomic E-state index is -1.17. The van der Waals surface area contributed by atoms with E-state index in [1.165, 1.54) is 11.8 Å². The second kappa shape index (κ2) is 10.2. The first-order valence-corrected chi connectivity index (χ1v) is 9.14. The summed E-state index contributed by atoms with van der Waals surface area (Å²) in [7, 11) is 0. The maximum Gasteiger partial charge on any atom is 0.322 e. The van der Waals surface area contributed by atoms with Crippen LogP contribution in [0.25, 0.3) is 0 Å². The number of carbonyl (C=O) groups is 4. The van der Waals surface area contributed by atoms with E-state index in [4.69, 9.17) is 10.8 Å². The lowest BCUT2D eigenvalue weighted by molar-refractivity contribution is -0.144. The van der Waals surface area contributed by atoms with Gasteiger partial charge < -0.3 is 31.5 Å². The Hall–Kier alpha value is -2.20. The first-order chi connectivity index (χ1) is 12.6. The molecule has 5 atom stereocenters. The van der Waals surface area contributed by atoms with Gasteiger partial charge in [-0.1, -0.05) is 20.3 Å². The number of hydrogen-bond donors (Lipinski definition) is 5. The van der Waals surface area contributed by atoms with Gasteiger partial charge >= 0.3 is 5.97 Å². The van der Waals surface area contributed by atoms with Gasteiger partial charge in [0.1, 0.15) is 24.7 Å². The van der Waals surface area contributed by atoms with E-state index in [9.17, 15) is 24.3 Å². The Kier molecular flexibility index (Phi) is 8.64. The van der Waals surface area contributed by atoms with Crippen molar-refractivity contribution in [3.8, 4) is 0 Å². The fourth-order valence-electron chi connectivity index (χ4n) is 2.91. The molecule has 1 fully saturated rings. The molecule has 27 heavy (non-hydrogen) atoms. The Morgan fingerprint density at radius 2 is 1.89 bits per heavy atom. The third-order valence-electron chi connectivity index (χ3n) is 4.85. The Morgan fingerprint density at radius 1 is 1.26 bits per heavy atom. The molecule has 1 aliphatic heterocycles. The van der Waals surface area contributed by atoms with Gasteiger partial charge in [-0.3, -0.25) is 19.2 Å². The van der Waals surface area contributed by atoms with Crippen LogP contribution in [0.4, 0.5) is 0 Å². The lowest BCUT2D eigenvalue weighted by Gasteiger charge is -2.32. The molecule has 0 radical (unpaired) electrons. The molecular formula is C17H30N4O6. The van der Waals surface area contributed by atoms with E-state index < -0.39 is 54.5 Å². The van der Waals surface area contributed by atoms with Crippen molar-refractivity contribution in [1.82, 2.24) is 15.5 Å². The van der Waals surface area contributed by atoms with Crippen LogP contribution in [-0.2, 0) is 19.2 Å². The molecule has 0 aliphatic carbocycles. The number of aliphatic carboxylic acids is 1. The summed E-state index contributed by atoms with van der Waals surface area (Å²) in [4.78, 5) is 49.5. The summed E-state index contributed by atoms with van der Waals surface area (Å²) < 4.78 is 0. The molecule has 0 aromatic rings. The second-order valence-corrected chi connectivity index (χ2v) is 6.94. The van der Waals surface area contributed by atoms with Gasteiger partial charge in [0.15, 0.2) is 0 Å². The third kappa shape index (κ3) is 6.17. The molecule has 0 saturated carbocycles. The number of hydrogen-bond acceptors (Lipinski definition) is 6. The Bertz CT molecular complexity index is 568. The largest absolute Gasteiger partial charge is 0.480 e. The summed E-state index contributed by atoms with van der Waals surface area (Å²) in [5.74, 6) is -2.97. The highest BCUT2D eigenvalue weighted by atomic mass is 16.4. The van der Waals surface area contributed by atoms with Crippen LogP contribution in [0, 0.1) is 5.92 Å². The average molecular weight is 386 g/mol. The maximum atomic E-state index is 13.0. The standard InChI is InChI=1S/C17H30N4O6/c1-4-9(2)14(20-16(26)13(18)10(3)22)17(27)21-7-5-6-11(21)15(25)19-8-12(23)24/h9-11,13-14,22H,4-8,18H2,1-3H3,(H,19,25)(H,20,26)(H,23,24). The fourth-order valence-corrected chi connectivity index (χ4v) is 2.91. The molecule has 0 aromatic carbocycles. The number of aliphatic hydroxyl groups is 1. The topological polar surface area (TPSA) is 162 Å². The van der Waals surface area contributed by atoms with Crippen molar-refractivity contribution >= 4 is 23.7 Å². The van der Waals surface area contributed by atoms with Gasteiger partial charge in [0.25, 0.3) is 0 Å². The summed E-state index contributed by atoms with van der Waals surface area (Å²) in [6.07, 6.45) is 0.556. The van der Waals surface area contributed by atoms with Crippen molar-refractivity contribution in [1.29, 1.82) is 0 Å². The van der Waals surface area contributed by atoms with Gasteiger partial charge in [0.2, 0.25) is 17.7 Å². The molecule has 6 N–H and O–H groups in total. The molecule has 154 valence electrons. The number of nitrogens with two attached hydrogens (primary N) is 1. The molecule has 5 unspecified atom stereocenters. The molecular weight excluding hydrogens is 356 g/mol. The van der Waals surface area contributed by atoms with E-state index in [2.05, 4.69) is 10.6 Å². The van der Waals surface area contributed by atoms with E-state index in [0.29, 0.717) is 25.8 Å². The zero-order valence-electron chi connectivity index (χ0n) is 16.0. The van der Waals surface area contributed by atoms with Gasteiger partial charge in [-0.05, 0) is 25.7 Å². The van der Waals surface area contributed by atoms with Crippen LogP contribution in [0.1, 0.15) is 40.0 Å². The Labute approximate surface area is 158 Å². The van der Waals surface area contributed by atoms with Crippen molar-refractivity contribution in [2.45, 2.75) is 64.3 Å². The van der Waals surface area contributed by atoms with Crippen molar-refractivity contribution in [2.75, 3.05) is 13.1 Å². The molecule has 10 heteroatoms. The van der Waals surface area contributed by atoms with Crippen LogP contribution in [0.2, 0.25) is 0 Å². The predicted molar refractivity (Wildman–Crippen MR) is 96.4 cm³/mol. The van der Waals surface area contributed by atoms with Crippen LogP contribution in [0.15, 0.2) is 0 Å². The number of nitrogens with one attached hydrogen (secondary N) is 2. The second-order valence-electron chi connectivity index (χ2n) is 6.94. The summed E-state index contributed by atoms with van der Waals surface area (Å²) in [6, 6.07) is -2.83. The lowest BCUT2D eigenvalue weighted by Crippen LogP contribution is -2.59. The number of carbonyl (C=O) groups excluding carboxylic acids is 3. The minimum absolute atomic E-state index is 0.217. The van der Waals surface area contributed by atoms with E-state index in [-0.39, 0.29) is 5.92 Å². The highest BCUT2D eigenvalue weighted by Crippen LogP contribution is 2.21. The number of likely N-dealkylation sites (tertiary alicyclic amines) is 1. The number of rotatable bonds is 9. The summed E-state index contributed by atoms with van der Waals surface area (Å²) in [5, 5.41) is 23.1. The van der Waals surface area contributed by atoms with Crippen LogP contribution < -0.4 is 16.4 Å². The van der Waals surface area contributed by atoms with Gasteiger partial charge in [-0.2, -0.15) is 0 Å². The number of aliphatic hydroxyl groups excluding tert-OH is 1. The normalized spacial score (nSPS) is 21.1. The van der Waals surface area contributed by atoms with Crippen LogP contribution in [-0.4, -0.2) is 76.1 Å². The van der Waals surface area contributed by atoms with Crippen molar-refractivity contribution < 1.29 is 29.4 Å². The van der Waals surface area contributed by atoms with Crippen LogP contribution in [0.3, 0.4) is 0 Å². The summed E-state index contributed by atoms with van der Waals surface area (Å²) in [5.41, 5.74) is 5.64. The first-order valence-electron chi connectivity index (χ1n) is 9.14. The molecule has 1 saturated heterocycles. The van der Waals surface area contributed by atoms with E-state index in [1.807, 2.05) is 6.92 Å². The number of nitrogens with zero attached hydrogens (tertiary/aromatic N) is 1. The number of carboxylic acids is 1. The predicted octanol–water partition coefficient (Wildman–Crippen LogP) is -1.58. The van der Waals surface area contributed by atoms with Crippen LogP contribution >= 0.6 is 0 Å². The molecule has 0 aromatic heterocycles. The summed E-state index contributed by atoms with van der Waals surface area (Å²) in [6.45, 7) is 4.87. The molecule has 10 nitrogen and oxygen atoms in total. The highest BCUT2D eigenvalue weighted by Gasteiger charge is 2.39. The fraction of sp³-hybridized carbons (Fsp3) is 0.765. The van der Waals surface area contributed by atoms with E-state index in [1.54, 1.807) is 6.92 Å². The van der Waals surface area contributed by atoms with Crippen molar-refractivity contribution in [3.05, 3.63) is 0 Å². The number of amides is 3. The molecule has 0 spiro atoms. The lowest BCUT2D eigenvalue weighted by atomic mass is 9.96. The van der Waals surface area contributed by atoms with Crippen molar-refractivity contribution in [2.24, 2.45) is 11.7 Å². The third-order valence-corrected chi connectivity index (χ3v) is 4.85. The average Bonchev–Trinajstić information content (AvgIpc) is 3.11. The molecule has 3 amide bonds. The van der Waals surface area contributed by atoms with E-state index in [0.717, 1.165) is 0 Å². The molecule has 0 bridgehead atoms. The molecule has 1 rings (SSSR count). The highest BCUT2D eigenvalue weighted by molar-refractivity contribution is 5.94. The molecule has 1 heterocycles. The zero-order valence-corrected chi connectivity index (χ0v) is 16.0. The first kappa shape index (κ1) is 22.8. The smallest absolute Gasteiger partial charge is 0.322 e.